The van der Waals surface area contributed by atoms with Crippen molar-refractivity contribution < 1.29 is 19.1 Å². The van der Waals surface area contributed by atoms with Crippen molar-refractivity contribution >= 4 is 40.3 Å². The second kappa shape index (κ2) is 8.10. The molecular formula is C19H17ClN4O4. The highest BCUT2D eigenvalue weighted by molar-refractivity contribution is 6.30. The Bertz CT molecular complexity index is 1070. The summed E-state index contributed by atoms with van der Waals surface area (Å²) in [5, 5.41) is 12.4. The first-order valence-electron chi connectivity index (χ1n) is 8.20. The molecule has 9 heteroatoms. The van der Waals surface area contributed by atoms with Gasteiger partial charge in [-0.05, 0) is 48.9 Å². The van der Waals surface area contributed by atoms with E-state index < -0.39 is 11.9 Å². The van der Waals surface area contributed by atoms with Gasteiger partial charge in [-0.1, -0.05) is 11.6 Å². The summed E-state index contributed by atoms with van der Waals surface area (Å²) in [7, 11) is 2.45. The summed E-state index contributed by atoms with van der Waals surface area (Å²) >= 11 is 5.92. The number of carbonyl (C=O) groups is 2. The largest absolute Gasteiger partial charge is 0.466 e. The minimum Gasteiger partial charge on any atom is -0.466 e. The van der Waals surface area contributed by atoms with Crippen LogP contribution in [-0.2, 0) is 19.1 Å². The lowest BCUT2D eigenvalue weighted by molar-refractivity contribution is -0.138. The van der Waals surface area contributed by atoms with Crippen LogP contribution in [0.2, 0.25) is 5.02 Å². The van der Waals surface area contributed by atoms with Gasteiger partial charge in [0.15, 0.2) is 0 Å². The molecule has 0 aliphatic carbocycles. The van der Waals surface area contributed by atoms with Crippen LogP contribution in [0.15, 0.2) is 48.2 Å². The molecule has 0 radical (unpaired) electrons. The van der Waals surface area contributed by atoms with E-state index in [9.17, 15) is 9.59 Å². The first kappa shape index (κ1) is 19.4. The number of ether oxygens (including phenoxy) is 2. The molecule has 1 aromatic heterocycles. The molecule has 0 spiro atoms. The average molecular weight is 401 g/mol. The SMILES string of the molecule is COC(=O)/C=C(/Nc1cc2nn(-c3ccc(Cl)cc3)nc2cc1C)C(=O)OC. The molecule has 0 saturated carbocycles. The fourth-order valence-corrected chi connectivity index (χ4v) is 2.60. The summed E-state index contributed by atoms with van der Waals surface area (Å²) in [4.78, 5) is 25.0. The minimum absolute atomic E-state index is 0.0538. The first-order chi connectivity index (χ1) is 13.4. The molecule has 3 aromatic rings. The molecular weight excluding hydrogens is 384 g/mol. The van der Waals surface area contributed by atoms with E-state index >= 15 is 0 Å². The van der Waals surface area contributed by atoms with Gasteiger partial charge in [0.1, 0.15) is 16.7 Å². The molecule has 0 bridgehead atoms. The van der Waals surface area contributed by atoms with Gasteiger partial charge >= 0.3 is 11.9 Å². The third-order valence-electron chi connectivity index (χ3n) is 3.92. The summed E-state index contributed by atoms with van der Waals surface area (Å²) in [6, 6.07) is 10.7. The standard InChI is InChI=1S/C19H17ClN4O4/c1-11-8-15-16(23-24(22-15)13-6-4-12(20)5-7-13)9-14(11)21-17(19(26)28-3)10-18(25)27-2/h4-10,21H,1-3H3/b17-10+. The Balaban J connectivity index is 1.98. The number of esters is 2. The Labute approximate surface area is 165 Å². The van der Waals surface area contributed by atoms with Crippen LogP contribution in [0, 0.1) is 6.92 Å². The van der Waals surface area contributed by atoms with Crippen LogP contribution in [0.4, 0.5) is 5.69 Å². The van der Waals surface area contributed by atoms with Gasteiger partial charge in [0, 0.05) is 10.7 Å². The predicted octanol–water partition coefficient (Wildman–Crippen LogP) is 3.02. The number of fused-ring (bicyclic) bond motifs is 1. The van der Waals surface area contributed by atoms with Gasteiger partial charge in [-0.25, -0.2) is 9.59 Å². The summed E-state index contributed by atoms with van der Waals surface area (Å²) in [6.45, 7) is 1.84. The van der Waals surface area contributed by atoms with Gasteiger partial charge in [-0.2, -0.15) is 4.80 Å². The molecule has 144 valence electrons. The molecule has 0 unspecified atom stereocenters. The highest BCUT2D eigenvalue weighted by Gasteiger charge is 2.15. The zero-order valence-electron chi connectivity index (χ0n) is 15.4. The van der Waals surface area contributed by atoms with Gasteiger partial charge in [-0.3, -0.25) is 0 Å². The van der Waals surface area contributed by atoms with Crippen molar-refractivity contribution in [2.75, 3.05) is 19.5 Å². The van der Waals surface area contributed by atoms with Crippen molar-refractivity contribution in [1.29, 1.82) is 0 Å². The zero-order valence-corrected chi connectivity index (χ0v) is 16.1. The van der Waals surface area contributed by atoms with Crippen molar-refractivity contribution in [2.24, 2.45) is 0 Å². The first-order valence-corrected chi connectivity index (χ1v) is 8.57. The molecule has 0 saturated heterocycles. The van der Waals surface area contributed by atoms with Gasteiger partial charge in [0.25, 0.3) is 0 Å². The summed E-state index contributed by atoms with van der Waals surface area (Å²) < 4.78 is 9.28. The second-order valence-electron chi connectivity index (χ2n) is 5.82. The minimum atomic E-state index is -0.699. The number of benzene rings is 2. The Morgan fingerprint density at radius 3 is 2.32 bits per heavy atom. The maximum Gasteiger partial charge on any atom is 0.354 e. The average Bonchev–Trinajstić information content (AvgIpc) is 3.09. The van der Waals surface area contributed by atoms with Crippen molar-refractivity contribution in [2.45, 2.75) is 6.92 Å². The monoisotopic (exact) mass is 400 g/mol. The van der Waals surface area contributed by atoms with Crippen LogP contribution >= 0.6 is 11.6 Å². The number of hydrogen-bond acceptors (Lipinski definition) is 7. The molecule has 1 heterocycles. The number of aromatic nitrogens is 3. The van der Waals surface area contributed by atoms with Crippen molar-refractivity contribution in [3.63, 3.8) is 0 Å². The van der Waals surface area contributed by atoms with Crippen molar-refractivity contribution in [1.82, 2.24) is 15.0 Å². The Morgan fingerprint density at radius 1 is 1.07 bits per heavy atom. The van der Waals surface area contributed by atoms with Gasteiger partial charge in [-0.15, -0.1) is 10.2 Å². The molecule has 1 N–H and O–H groups in total. The fourth-order valence-electron chi connectivity index (χ4n) is 2.47. The van der Waals surface area contributed by atoms with Crippen molar-refractivity contribution in [3.05, 3.63) is 58.8 Å². The lowest BCUT2D eigenvalue weighted by atomic mass is 10.1. The van der Waals surface area contributed by atoms with Gasteiger partial charge in [0.2, 0.25) is 0 Å². The van der Waals surface area contributed by atoms with E-state index in [0.29, 0.717) is 21.7 Å². The smallest absolute Gasteiger partial charge is 0.354 e. The van der Waals surface area contributed by atoms with Crippen LogP contribution in [-0.4, -0.2) is 41.2 Å². The Hall–Kier alpha value is -3.39. The number of carbonyl (C=O) groups excluding carboxylic acids is 2. The fraction of sp³-hybridized carbons (Fsp3) is 0.158. The Morgan fingerprint density at radius 2 is 1.71 bits per heavy atom. The van der Waals surface area contributed by atoms with Gasteiger partial charge in [0.05, 0.1) is 26.0 Å². The number of aryl methyl sites for hydroxylation is 1. The molecule has 0 aliphatic heterocycles. The van der Waals surface area contributed by atoms with E-state index in [1.165, 1.54) is 19.0 Å². The van der Waals surface area contributed by atoms with E-state index in [1.807, 2.05) is 25.1 Å². The summed E-state index contributed by atoms with van der Waals surface area (Å²) in [5.41, 5.74) is 3.36. The van der Waals surface area contributed by atoms with Crippen LogP contribution in [0.1, 0.15) is 5.56 Å². The highest BCUT2D eigenvalue weighted by atomic mass is 35.5. The number of rotatable bonds is 5. The quantitative estimate of drug-likeness (QED) is 0.519. The number of halogens is 1. The van der Waals surface area contributed by atoms with Crippen LogP contribution in [0.25, 0.3) is 16.7 Å². The third-order valence-corrected chi connectivity index (χ3v) is 4.17. The molecule has 0 aliphatic rings. The molecule has 8 nitrogen and oxygen atoms in total. The number of hydrogen-bond donors (Lipinski definition) is 1. The lowest BCUT2D eigenvalue weighted by Gasteiger charge is -2.11. The molecule has 0 amide bonds. The van der Waals surface area contributed by atoms with E-state index in [4.69, 9.17) is 16.3 Å². The van der Waals surface area contributed by atoms with E-state index in [1.54, 1.807) is 18.2 Å². The van der Waals surface area contributed by atoms with E-state index in [-0.39, 0.29) is 5.70 Å². The highest BCUT2D eigenvalue weighted by Crippen LogP contribution is 2.24. The van der Waals surface area contributed by atoms with E-state index in [2.05, 4.69) is 20.3 Å². The maximum absolute atomic E-state index is 12.0. The van der Waals surface area contributed by atoms with E-state index in [0.717, 1.165) is 17.3 Å². The maximum atomic E-state index is 12.0. The summed E-state index contributed by atoms with van der Waals surface area (Å²) in [5.74, 6) is -1.38. The molecule has 0 fully saturated rings. The number of nitrogens with zero attached hydrogens (tertiary/aromatic N) is 3. The molecule has 2 aromatic carbocycles. The number of methoxy groups -OCH3 is 2. The zero-order chi connectivity index (χ0) is 20.3. The topological polar surface area (TPSA) is 95.3 Å². The third kappa shape index (κ3) is 4.12. The van der Waals surface area contributed by atoms with Crippen LogP contribution < -0.4 is 5.32 Å². The van der Waals surface area contributed by atoms with Gasteiger partial charge < -0.3 is 14.8 Å². The van der Waals surface area contributed by atoms with Crippen molar-refractivity contribution in [3.8, 4) is 5.69 Å². The number of nitrogens with one attached hydrogen (secondary N) is 1. The lowest BCUT2D eigenvalue weighted by Crippen LogP contribution is -2.16. The molecule has 28 heavy (non-hydrogen) atoms. The van der Waals surface area contributed by atoms with Crippen LogP contribution in [0.5, 0.6) is 0 Å². The second-order valence-corrected chi connectivity index (χ2v) is 6.26. The predicted molar refractivity (Wildman–Crippen MR) is 104 cm³/mol. The number of anilines is 1. The Kier molecular flexibility index (Phi) is 5.60. The molecule has 0 atom stereocenters. The summed E-state index contributed by atoms with van der Waals surface area (Å²) in [6.07, 6.45) is 1.03. The van der Waals surface area contributed by atoms with Crippen LogP contribution in [0.3, 0.4) is 0 Å². The normalized spacial score (nSPS) is 11.4. The molecule has 3 rings (SSSR count).